The first-order valence-electron chi connectivity index (χ1n) is 10.2. The first-order valence-corrected chi connectivity index (χ1v) is 10.6. The standard InChI is InChI=1S/C25H22FN3O2S/c1-28-24(31)22(29(25(28)32)16-17-6-5-9-20(26)14-17)15-23(30)27-21-12-10-19(11-13-21)18-7-3-2-4-8-18/h2-14,22H,15-16H2,1H3,(H,27,30). The van der Waals surface area contributed by atoms with E-state index in [1.165, 1.54) is 17.0 Å². The summed E-state index contributed by atoms with van der Waals surface area (Å²) in [6.07, 6.45) is -0.0565. The Morgan fingerprint density at radius 1 is 1.00 bits per heavy atom. The van der Waals surface area contributed by atoms with E-state index >= 15 is 0 Å². The van der Waals surface area contributed by atoms with Gasteiger partial charge < -0.3 is 10.2 Å². The number of nitrogens with one attached hydrogen (secondary N) is 1. The van der Waals surface area contributed by atoms with E-state index in [0.29, 0.717) is 16.4 Å². The predicted octanol–water partition coefficient (Wildman–Crippen LogP) is 4.45. The number of hydrogen-bond donors (Lipinski definition) is 1. The van der Waals surface area contributed by atoms with E-state index in [1.807, 2.05) is 54.6 Å². The Morgan fingerprint density at radius 2 is 1.69 bits per heavy atom. The first-order chi connectivity index (χ1) is 15.4. The third kappa shape index (κ3) is 4.68. The lowest BCUT2D eigenvalue weighted by Crippen LogP contribution is -2.37. The highest BCUT2D eigenvalue weighted by atomic mass is 32.1. The summed E-state index contributed by atoms with van der Waals surface area (Å²) in [6, 6.07) is 22.9. The molecule has 1 aliphatic rings. The molecule has 1 atom stereocenters. The molecule has 1 saturated heterocycles. The molecule has 1 N–H and O–H groups in total. The Hall–Kier alpha value is -3.58. The average Bonchev–Trinajstić information content (AvgIpc) is 2.99. The number of thiocarbonyl (C=S) groups is 1. The highest BCUT2D eigenvalue weighted by Crippen LogP contribution is 2.24. The van der Waals surface area contributed by atoms with E-state index in [-0.39, 0.29) is 30.6 Å². The lowest BCUT2D eigenvalue weighted by Gasteiger charge is -2.23. The molecular formula is C25H22FN3O2S. The zero-order chi connectivity index (χ0) is 22.7. The lowest BCUT2D eigenvalue weighted by atomic mass is 10.1. The van der Waals surface area contributed by atoms with Gasteiger partial charge in [-0.05, 0) is 53.2 Å². The van der Waals surface area contributed by atoms with Gasteiger partial charge in [-0.3, -0.25) is 14.5 Å². The van der Waals surface area contributed by atoms with Crippen molar-refractivity contribution in [1.29, 1.82) is 0 Å². The van der Waals surface area contributed by atoms with Crippen molar-refractivity contribution in [2.24, 2.45) is 0 Å². The topological polar surface area (TPSA) is 52.7 Å². The minimum atomic E-state index is -0.737. The number of likely N-dealkylation sites (N-methyl/N-ethyl adjacent to an activating group) is 1. The number of carbonyl (C=O) groups excluding carboxylic acids is 2. The van der Waals surface area contributed by atoms with Crippen LogP contribution in [0.15, 0.2) is 78.9 Å². The summed E-state index contributed by atoms with van der Waals surface area (Å²) in [5.74, 6) is -0.903. The SMILES string of the molecule is CN1C(=O)C(CC(=O)Nc2ccc(-c3ccccc3)cc2)N(Cc2cccc(F)c2)C1=S. The summed E-state index contributed by atoms with van der Waals surface area (Å²) in [5.41, 5.74) is 3.46. The van der Waals surface area contributed by atoms with Gasteiger partial charge in [0.15, 0.2) is 5.11 Å². The summed E-state index contributed by atoms with van der Waals surface area (Å²) in [5, 5.41) is 3.18. The van der Waals surface area contributed by atoms with Crippen LogP contribution in [0.2, 0.25) is 0 Å². The molecule has 0 spiro atoms. The minimum absolute atomic E-state index is 0.0565. The fourth-order valence-corrected chi connectivity index (χ4v) is 4.03. The van der Waals surface area contributed by atoms with E-state index < -0.39 is 6.04 Å². The molecule has 32 heavy (non-hydrogen) atoms. The maximum absolute atomic E-state index is 13.6. The second kappa shape index (κ2) is 9.28. The van der Waals surface area contributed by atoms with Crippen LogP contribution in [0.25, 0.3) is 11.1 Å². The summed E-state index contributed by atoms with van der Waals surface area (Å²) in [7, 11) is 1.59. The normalized spacial score (nSPS) is 15.9. The maximum Gasteiger partial charge on any atom is 0.251 e. The predicted molar refractivity (Wildman–Crippen MR) is 126 cm³/mol. The van der Waals surface area contributed by atoms with Crippen LogP contribution < -0.4 is 5.32 Å². The number of rotatable bonds is 6. The lowest BCUT2D eigenvalue weighted by molar-refractivity contribution is -0.130. The first kappa shape index (κ1) is 21.6. The van der Waals surface area contributed by atoms with Gasteiger partial charge in [-0.2, -0.15) is 0 Å². The molecule has 162 valence electrons. The van der Waals surface area contributed by atoms with Crippen molar-refractivity contribution >= 4 is 34.8 Å². The zero-order valence-electron chi connectivity index (χ0n) is 17.5. The van der Waals surface area contributed by atoms with Gasteiger partial charge in [-0.15, -0.1) is 0 Å². The van der Waals surface area contributed by atoms with Crippen LogP contribution in [0.3, 0.4) is 0 Å². The molecule has 0 aromatic heterocycles. The monoisotopic (exact) mass is 447 g/mol. The number of hydrogen-bond acceptors (Lipinski definition) is 3. The summed E-state index contributed by atoms with van der Waals surface area (Å²) < 4.78 is 13.6. The molecule has 1 unspecified atom stereocenters. The Balaban J connectivity index is 1.44. The van der Waals surface area contributed by atoms with Gasteiger partial charge in [-0.1, -0.05) is 54.6 Å². The smallest absolute Gasteiger partial charge is 0.251 e. The molecule has 5 nitrogen and oxygen atoms in total. The molecule has 0 aliphatic carbocycles. The van der Waals surface area contributed by atoms with Crippen LogP contribution in [0, 0.1) is 5.82 Å². The van der Waals surface area contributed by atoms with Gasteiger partial charge >= 0.3 is 0 Å². The largest absolute Gasteiger partial charge is 0.332 e. The summed E-state index contributed by atoms with van der Waals surface area (Å²) in [4.78, 5) is 28.5. The summed E-state index contributed by atoms with van der Waals surface area (Å²) >= 11 is 5.40. The Labute approximate surface area is 191 Å². The number of nitrogens with zero attached hydrogens (tertiary/aromatic N) is 2. The number of halogens is 1. The molecule has 3 aromatic rings. The molecule has 1 heterocycles. The van der Waals surface area contributed by atoms with Crippen LogP contribution in [0.4, 0.5) is 10.1 Å². The molecule has 0 bridgehead atoms. The highest BCUT2D eigenvalue weighted by molar-refractivity contribution is 7.80. The third-order valence-corrected chi connectivity index (χ3v) is 5.93. The van der Waals surface area contributed by atoms with Crippen LogP contribution >= 0.6 is 12.2 Å². The van der Waals surface area contributed by atoms with Crippen LogP contribution in [-0.4, -0.2) is 39.8 Å². The van der Waals surface area contributed by atoms with Crippen LogP contribution in [-0.2, 0) is 16.1 Å². The molecule has 0 radical (unpaired) electrons. The molecule has 0 saturated carbocycles. The molecule has 2 amide bonds. The Kier molecular flexibility index (Phi) is 6.28. The van der Waals surface area contributed by atoms with Gasteiger partial charge in [0.1, 0.15) is 11.9 Å². The van der Waals surface area contributed by atoms with Crippen LogP contribution in [0.5, 0.6) is 0 Å². The fourth-order valence-electron chi connectivity index (χ4n) is 3.75. The van der Waals surface area contributed by atoms with E-state index in [0.717, 1.165) is 11.1 Å². The molecule has 3 aromatic carbocycles. The molecule has 1 fully saturated rings. The number of anilines is 1. The maximum atomic E-state index is 13.6. The minimum Gasteiger partial charge on any atom is -0.332 e. The number of carbonyl (C=O) groups is 2. The van der Waals surface area contributed by atoms with E-state index in [4.69, 9.17) is 12.2 Å². The Morgan fingerprint density at radius 3 is 2.38 bits per heavy atom. The van der Waals surface area contributed by atoms with Gasteiger partial charge in [0.05, 0.1) is 6.42 Å². The van der Waals surface area contributed by atoms with Gasteiger partial charge in [0, 0.05) is 19.3 Å². The van der Waals surface area contributed by atoms with Crippen molar-refractivity contribution in [3.8, 4) is 11.1 Å². The Bertz CT molecular complexity index is 1150. The summed E-state index contributed by atoms with van der Waals surface area (Å²) in [6.45, 7) is 0.246. The van der Waals surface area contributed by atoms with Crippen molar-refractivity contribution in [3.63, 3.8) is 0 Å². The molecular weight excluding hydrogens is 425 g/mol. The number of amides is 2. The van der Waals surface area contributed by atoms with Crippen molar-refractivity contribution < 1.29 is 14.0 Å². The molecule has 4 rings (SSSR count). The molecule has 1 aliphatic heterocycles. The highest BCUT2D eigenvalue weighted by Gasteiger charge is 2.41. The average molecular weight is 448 g/mol. The van der Waals surface area contributed by atoms with Gasteiger partial charge in [-0.25, -0.2) is 4.39 Å². The van der Waals surface area contributed by atoms with Crippen molar-refractivity contribution in [1.82, 2.24) is 9.80 Å². The van der Waals surface area contributed by atoms with E-state index in [2.05, 4.69) is 5.32 Å². The van der Waals surface area contributed by atoms with Crippen LogP contribution in [0.1, 0.15) is 12.0 Å². The van der Waals surface area contributed by atoms with Gasteiger partial charge in [0.2, 0.25) is 5.91 Å². The van der Waals surface area contributed by atoms with Gasteiger partial charge in [0.25, 0.3) is 5.91 Å². The van der Waals surface area contributed by atoms with E-state index in [9.17, 15) is 14.0 Å². The van der Waals surface area contributed by atoms with Crippen molar-refractivity contribution in [2.75, 3.05) is 12.4 Å². The zero-order valence-corrected chi connectivity index (χ0v) is 18.3. The van der Waals surface area contributed by atoms with E-state index in [1.54, 1.807) is 24.1 Å². The quantitative estimate of drug-likeness (QED) is 0.568. The number of benzene rings is 3. The third-order valence-electron chi connectivity index (χ3n) is 5.42. The van der Waals surface area contributed by atoms with Crippen molar-refractivity contribution in [3.05, 3.63) is 90.2 Å². The van der Waals surface area contributed by atoms with Crippen molar-refractivity contribution in [2.45, 2.75) is 19.0 Å². The second-order valence-corrected chi connectivity index (χ2v) is 8.01. The molecule has 7 heteroatoms. The fraction of sp³-hybridized carbons (Fsp3) is 0.160. The second-order valence-electron chi connectivity index (χ2n) is 7.65.